The minimum atomic E-state index is -0.267. The van der Waals surface area contributed by atoms with Crippen molar-refractivity contribution in [3.63, 3.8) is 0 Å². The molecule has 5 nitrogen and oxygen atoms in total. The fourth-order valence-electron chi connectivity index (χ4n) is 1.27. The van der Waals surface area contributed by atoms with Crippen molar-refractivity contribution in [2.75, 3.05) is 16.8 Å². The van der Waals surface area contributed by atoms with Crippen molar-refractivity contribution >= 4 is 23.6 Å². The average Bonchev–Trinajstić information content (AvgIpc) is 2.63. The Kier molecular flexibility index (Phi) is 5.04. The molecule has 1 aromatic rings. The smallest absolute Gasteiger partial charge is 0.236 e. The molecular weight excluding hydrogens is 262 g/mol. The van der Waals surface area contributed by atoms with Crippen LogP contribution in [0.5, 0.6) is 0 Å². The van der Waals surface area contributed by atoms with Crippen LogP contribution in [-0.4, -0.2) is 28.1 Å². The SMILES string of the molecule is CC(C)(N)CSCC(=O)Nc1cc(C(C)(C)C)no1. The van der Waals surface area contributed by atoms with E-state index in [4.69, 9.17) is 10.3 Å². The lowest BCUT2D eigenvalue weighted by Crippen LogP contribution is -2.35. The first-order valence-electron chi connectivity index (χ1n) is 6.21. The second-order valence-corrected chi connectivity index (χ2v) is 7.34. The molecule has 0 saturated heterocycles. The Labute approximate surface area is 118 Å². The highest BCUT2D eigenvalue weighted by atomic mass is 32.2. The standard InChI is InChI=1S/C13H23N3O2S/c1-12(2,3)9-6-11(18-16-9)15-10(17)7-19-8-13(4,5)14/h6H,7-8,14H2,1-5H3,(H,15,17). The lowest BCUT2D eigenvalue weighted by molar-refractivity contribution is -0.113. The summed E-state index contributed by atoms with van der Waals surface area (Å²) in [6, 6.07) is 1.76. The van der Waals surface area contributed by atoms with Crippen molar-refractivity contribution in [2.24, 2.45) is 5.73 Å². The minimum Gasteiger partial charge on any atom is -0.338 e. The Morgan fingerprint density at radius 3 is 2.53 bits per heavy atom. The van der Waals surface area contributed by atoms with Gasteiger partial charge in [0.25, 0.3) is 0 Å². The van der Waals surface area contributed by atoms with Gasteiger partial charge in [0.2, 0.25) is 11.8 Å². The lowest BCUT2D eigenvalue weighted by atomic mass is 9.92. The van der Waals surface area contributed by atoms with Gasteiger partial charge in [-0.15, -0.1) is 0 Å². The van der Waals surface area contributed by atoms with Crippen LogP contribution >= 0.6 is 11.8 Å². The molecule has 0 aliphatic rings. The van der Waals surface area contributed by atoms with E-state index in [0.717, 1.165) is 11.4 Å². The Balaban J connectivity index is 2.43. The number of amides is 1. The fourth-order valence-corrected chi connectivity index (χ4v) is 2.15. The highest BCUT2D eigenvalue weighted by Gasteiger charge is 2.19. The molecule has 0 spiro atoms. The second-order valence-electron chi connectivity index (χ2n) is 6.36. The first-order valence-corrected chi connectivity index (χ1v) is 7.37. The first kappa shape index (κ1) is 16.0. The Morgan fingerprint density at radius 1 is 1.42 bits per heavy atom. The number of anilines is 1. The van der Waals surface area contributed by atoms with Gasteiger partial charge >= 0.3 is 0 Å². The van der Waals surface area contributed by atoms with E-state index in [2.05, 4.69) is 10.5 Å². The molecule has 1 amide bonds. The third-order valence-corrected chi connectivity index (χ3v) is 3.66. The van der Waals surface area contributed by atoms with Gasteiger partial charge in [-0.05, 0) is 13.8 Å². The summed E-state index contributed by atoms with van der Waals surface area (Å²) in [5.74, 6) is 1.37. The largest absolute Gasteiger partial charge is 0.338 e. The van der Waals surface area contributed by atoms with E-state index >= 15 is 0 Å². The molecule has 1 rings (SSSR count). The van der Waals surface area contributed by atoms with E-state index in [1.54, 1.807) is 6.07 Å². The number of thioether (sulfide) groups is 1. The van der Waals surface area contributed by atoms with E-state index in [0.29, 0.717) is 11.6 Å². The third kappa shape index (κ3) is 6.11. The number of rotatable bonds is 5. The molecule has 0 saturated carbocycles. The van der Waals surface area contributed by atoms with E-state index in [1.807, 2.05) is 34.6 Å². The lowest BCUT2D eigenvalue weighted by Gasteiger charge is -2.16. The third-order valence-electron chi connectivity index (χ3n) is 2.25. The van der Waals surface area contributed by atoms with Gasteiger partial charge in [-0.3, -0.25) is 10.1 Å². The van der Waals surface area contributed by atoms with Crippen LogP contribution in [0.2, 0.25) is 0 Å². The molecule has 0 aliphatic carbocycles. The van der Waals surface area contributed by atoms with Crippen LogP contribution in [0.15, 0.2) is 10.6 Å². The topological polar surface area (TPSA) is 81.2 Å². The normalized spacial score (nSPS) is 12.5. The van der Waals surface area contributed by atoms with E-state index in [1.165, 1.54) is 11.8 Å². The van der Waals surface area contributed by atoms with Gasteiger partial charge in [0.15, 0.2) is 0 Å². The summed E-state index contributed by atoms with van der Waals surface area (Å²) in [7, 11) is 0. The van der Waals surface area contributed by atoms with Crippen molar-refractivity contribution in [3.8, 4) is 0 Å². The van der Waals surface area contributed by atoms with Crippen molar-refractivity contribution < 1.29 is 9.32 Å². The summed E-state index contributed by atoms with van der Waals surface area (Å²) in [6.45, 7) is 9.98. The number of carbonyl (C=O) groups is 1. The maximum atomic E-state index is 11.7. The van der Waals surface area contributed by atoms with E-state index in [9.17, 15) is 4.79 Å². The maximum absolute atomic E-state index is 11.7. The Morgan fingerprint density at radius 2 is 2.05 bits per heavy atom. The molecular formula is C13H23N3O2S. The number of nitrogens with zero attached hydrogens (tertiary/aromatic N) is 1. The molecule has 0 radical (unpaired) electrons. The number of aromatic nitrogens is 1. The highest BCUT2D eigenvalue weighted by Crippen LogP contribution is 2.23. The van der Waals surface area contributed by atoms with Crippen LogP contribution in [0, 0.1) is 0 Å². The molecule has 0 aliphatic heterocycles. The number of nitrogens with two attached hydrogens (primary N) is 1. The number of carbonyl (C=O) groups excluding carboxylic acids is 1. The molecule has 0 aromatic carbocycles. The molecule has 3 N–H and O–H groups in total. The Hall–Kier alpha value is -1.01. The summed E-state index contributed by atoms with van der Waals surface area (Å²) >= 11 is 1.50. The predicted molar refractivity (Wildman–Crippen MR) is 79.4 cm³/mol. The second kappa shape index (κ2) is 5.96. The summed E-state index contributed by atoms with van der Waals surface area (Å²) in [5, 5.41) is 6.63. The number of nitrogens with one attached hydrogen (secondary N) is 1. The van der Waals surface area contributed by atoms with Crippen molar-refractivity contribution in [3.05, 3.63) is 11.8 Å². The van der Waals surface area contributed by atoms with Crippen molar-refractivity contribution in [1.29, 1.82) is 0 Å². The number of hydrogen-bond acceptors (Lipinski definition) is 5. The van der Waals surface area contributed by atoms with Crippen LogP contribution in [0.1, 0.15) is 40.3 Å². The van der Waals surface area contributed by atoms with E-state index < -0.39 is 0 Å². The summed E-state index contributed by atoms with van der Waals surface area (Å²) in [4.78, 5) is 11.7. The van der Waals surface area contributed by atoms with Gasteiger partial charge in [-0.2, -0.15) is 11.8 Å². The number of hydrogen-bond donors (Lipinski definition) is 2. The summed E-state index contributed by atoms with van der Waals surface area (Å²) < 4.78 is 5.09. The summed E-state index contributed by atoms with van der Waals surface area (Å²) in [6.07, 6.45) is 0. The molecule has 0 fully saturated rings. The van der Waals surface area contributed by atoms with Crippen LogP contribution < -0.4 is 11.1 Å². The molecule has 108 valence electrons. The van der Waals surface area contributed by atoms with Gasteiger partial charge in [-0.1, -0.05) is 25.9 Å². The Bertz CT molecular complexity index is 430. The zero-order valence-electron chi connectivity index (χ0n) is 12.2. The fraction of sp³-hybridized carbons (Fsp3) is 0.692. The predicted octanol–water partition coefficient (Wildman–Crippen LogP) is 2.38. The monoisotopic (exact) mass is 285 g/mol. The first-order chi connectivity index (χ1) is 8.58. The van der Waals surface area contributed by atoms with Crippen LogP contribution in [0.4, 0.5) is 5.88 Å². The molecule has 0 atom stereocenters. The van der Waals surface area contributed by atoms with Crippen LogP contribution in [0.25, 0.3) is 0 Å². The average molecular weight is 285 g/mol. The zero-order valence-corrected chi connectivity index (χ0v) is 13.1. The molecule has 0 bridgehead atoms. The van der Waals surface area contributed by atoms with Gasteiger partial charge in [0.05, 0.1) is 11.4 Å². The quantitative estimate of drug-likeness (QED) is 0.868. The molecule has 1 heterocycles. The van der Waals surface area contributed by atoms with Crippen molar-refractivity contribution in [2.45, 2.75) is 45.6 Å². The van der Waals surface area contributed by atoms with E-state index in [-0.39, 0.29) is 16.9 Å². The zero-order chi connectivity index (χ0) is 14.7. The van der Waals surface area contributed by atoms with Gasteiger partial charge in [0, 0.05) is 22.8 Å². The van der Waals surface area contributed by atoms with Gasteiger partial charge in [0.1, 0.15) is 0 Å². The molecule has 0 unspecified atom stereocenters. The van der Waals surface area contributed by atoms with Crippen LogP contribution in [-0.2, 0) is 10.2 Å². The van der Waals surface area contributed by atoms with Crippen LogP contribution in [0.3, 0.4) is 0 Å². The van der Waals surface area contributed by atoms with Crippen molar-refractivity contribution in [1.82, 2.24) is 5.16 Å². The summed E-state index contributed by atoms with van der Waals surface area (Å²) in [5.41, 5.74) is 6.30. The highest BCUT2D eigenvalue weighted by molar-refractivity contribution is 8.00. The van der Waals surface area contributed by atoms with Gasteiger partial charge in [-0.25, -0.2) is 0 Å². The minimum absolute atomic E-state index is 0.0925. The van der Waals surface area contributed by atoms with Gasteiger partial charge < -0.3 is 10.3 Å². The molecule has 19 heavy (non-hydrogen) atoms. The maximum Gasteiger partial charge on any atom is 0.236 e. The molecule has 6 heteroatoms. The molecule has 1 aromatic heterocycles.